The van der Waals surface area contributed by atoms with Crippen LogP contribution >= 0.6 is 0 Å². The fourth-order valence-electron chi connectivity index (χ4n) is 2.50. The van der Waals surface area contributed by atoms with Crippen LogP contribution in [0.3, 0.4) is 0 Å². The van der Waals surface area contributed by atoms with E-state index in [0.717, 1.165) is 17.0 Å². The SMILES string of the molecule is COc1ccc(OC)c(-c2cn(-c3ccc(OC)c(OC)c3)nn2)c1. The summed E-state index contributed by atoms with van der Waals surface area (Å²) in [5.74, 6) is 2.69. The molecule has 0 N–H and O–H groups in total. The molecule has 0 atom stereocenters. The molecule has 25 heavy (non-hydrogen) atoms. The number of hydrogen-bond donors (Lipinski definition) is 0. The van der Waals surface area contributed by atoms with Crippen LogP contribution in [0.1, 0.15) is 0 Å². The average molecular weight is 341 g/mol. The maximum absolute atomic E-state index is 5.41. The molecule has 0 aliphatic carbocycles. The highest BCUT2D eigenvalue weighted by atomic mass is 16.5. The molecule has 0 bridgehead atoms. The molecule has 1 aromatic heterocycles. The molecule has 0 spiro atoms. The van der Waals surface area contributed by atoms with Crippen molar-refractivity contribution in [2.75, 3.05) is 28.4 Å². The minimum absolute atomic E-state index is 0.621. The third-order valence-corrected chi connectivity index (χ3v) is 3.81. The highest BCUT2D eigenvalue weighted by Crippen LogP contribution is 2.33. The molecule has 7 nitrogen and oxygen atoms in total. The van der Waals surface area contributed by atoms with Crippen LogP contribution in [0.5, 0.6) is 23.0 Å². The third kappa shape index (κ3) is 3.21. The molecule has 0 aliphatic heterocycles. The maximum Gasteiger partial charge on any atom is 0.162 e. The van der Waals surface area contributed by atoms with Gasteiger partial charge in [0.05, 0.1) is 40.3 Å². The van der Waals surface area contributed by atoms with Gasteiger partial charge in [-0.25, -0.2) is 4.68 Å². The maximum atomic E-state index is 5.41. The molecule has 0 aliphatic rings. The molecular formula is C18H19N3O4. The van der Waals surface area contributed by atoms with E-state index in [1.165, 1.54) is 0 Å². The standard InChI is InChI=1S/C18H19N3O4/c1-22-13-6-8-16(23-2)14(10-13)15-11-21(20-19-15)12-5-7-17(24-3)18(9-12)25-4/h5-11H,1-4H3. The lowest BCUT2D eigenvalue weighted by molar-refractivity contribution is 0.354. The van der Waals surface area contributed by atoms with Gasteiger partial charge in [-0.2, -0.15) is 0 Å². The van der Waals surface area contributed by atoms with E-state index < -0.39 is 0 Å². The number of ether oxygens (including phenoxy) is 4. The monoisotopic (exact) mass is 341 g/mol. The number of aromatic nitrogens is 3. The highest BCUT2D eigenvalue weighted by Gasteiger charge is 2.13. The van der Waals surface area contributed by atoms with E-state index in [4.69, 9.17) is 18.9 Å². The summed E-state index contributed by atoms with van der Waals surface area (Å²) in [7, 11) is 6.42. The first-order valence-corrected chi connectivity index (χ1v) is 7.57. The Kier molecular flexibility index (Phi) is 4.74. The van der Waals surface area contributed by atoms with Crippen LogP contribution in [0.25, 0.3) is 16.9 Å². The van der Waals surface area contributed by atoms with Gasteiger partial charge in [-0.3, -0.25) is 0 Å². The fraction of sp³-hybridized carbons (Fsp3) is 0.222. The van der Waals surface area contributed by atoms with Crippen molar-refractivity contribution in [1.29, 1.82) is 0 Å². The lowest BCUT2D eigenvalue weighted by atomic mass is 10.1. The fourth-order valence-corrected chi connectivity index (χ4v) is 2.50. The topological polar surface area (TPSA) is 67.6 Å². The largest absolute Gasteiger partial charge is 0.497 e. The third-order valence-electron chi connectivity index (χ3n) is 3.81. The summed E-state index contributed by atoms with van der Waals surface area (Å²) in [6, 6.07) is 11.1. The molecule has 130 valence electrons. The van der Waals surface area contributed by atoms with Gasteiger partial charge >= 0.3 is 0 Å². The van der Waals surface area contributed by atoms with Crippen LogP contribution in [0.2, 0.25) is 0 Å². The Balaban J connectivity index is 2.01. The predicted molar refractivity (Wildman–Crippen MR) is 93.0 cm³/mol. The zero-order valence-corrected chi connectivity index (χ0v) is 14.5. The average Bonchev–Trinajstić information content (AvgIpc) is 3.16. The Hall–Kier alpha value is -3.22. The lowest BCUT2D eigenvalue weighted by Crippen LogP contribution is -1.97. The van der Waals surface area contributed by atoms with Crippen molar-refractivity contribution in [1.82, 2.24) is 15.0 Å². The van der Waals surface area contributed by atoms with E-state index in [2.05, 4.69) is 10.3 Å². The molecule has 0 unspecified atom stereocenters. The van der Waals surface area contributed by atoms with Gasteiger partial charge < -0.3 is 18.9 Å². The van der Waals surface area contributed by atoms with Crippen molar-refractivity contribution in [3.63, 3.8) is 0 Å². The molecule has 0 radical (unpaired) electrons. The van der Waals surface area contributed by atoms with Gasteiger partial charge in [-0.1, -0.05) is 5.21 Å². The summed E-state index contributed by atoms with van der Waals surface area (Å²) in [6.07, 6.45) is 1.82. The van der Waals surface area contributed by atoms with Crippen LogP contribution in [-0.2, 0) is 0 Å². The number of benzene rings is 2. The number of rotatable bonds is 6. The molecule has 0 saturated carbocycles. The number of methoxy groups -OCH3 is 4. The first kappa shape index (κ1) is 16.6. The van der Waals surface area contributed by atoms with Crippen molar-refractivity contribution in [3.05, 3.63) is 42.6 Å². The van der Waals surface area contributed by atoms with E-state index in [1.54, 1.807) is 33.1 Å². The predicted octanol–water partition coefficient (Wildman–Crippen LogP) is 2.97. The Bertz CT molecular complexity index is 877. The Morgan fingerprint density at radius 1 is 0.760 bits per heavy atom. The van der Waals surface area contributed by atoms with E-state index in [9.17, 15) is 0 Å². The minimum atomic E-state index is 0.621. The van der Waals surface area contributed by atoms with E-state index in [-0.39, 0.29) is 0 Å². The van der Waals surface area contributed by atoms with Gasteiger partial charge in [0.25, 0.3) is 0 Å². The lowest BCUT2D eigenvalue weighted by Gasteiger charge is -2.09. The van der Waals surface area contributed by atoms with Gasteiger partial charge in [-0.15, -0.1) is 5.10 Å². The summed E-state index contributed by atoms with van der Waals surface area (Å²) in [5, 5.41) is 8.45. The summed E-state index contributed by atoms with van der Waals surface area (Å²) >= 11 is 0. The molecule has 0 saturated heterocycles. The van der Waals surface area contributed by atoms with Crippen molar-refractivity contribution in [2.45, 2.75) is 0 Å². The Morgan fingerprint density at radius 2 is 1.48 bits per heavy atom. The van der Waals surface area contributed by atoms with Crippen LogP contribution < -0.4 is 18.9 Å². The normalized spacial score (nSPS) is 10.4. The van der Waals surface area contributed by atoms with Crippen molar-refractivity contribution in [2.24, 2.45) is 0 Å². The highest BCUT2D eigenvalue weighted by molar-refractivity contribution is 5.68. The zero-order chi connectivity index (χ0) is 17.8. The second-order valence-corrected chi connectivity index (χ2v) is 5.15. The Labute approximate surface area is 145 Å². The van der Waals surface area contributed by atoms with Gasteiger partial charge in [0.2, 0.25) is 0 Å². The van der Waals surface area contributed by atoms with E-state index >= 15 is 0 Å². The molecule has 1 heterocycles. The first-order valence-electron chi connectivity index (χ1n) is 7.57. The second kappa shape index (κ2) is 7.12. The molecule has 3 rings (SSSR count). The first-order chi connectivity index (χ1) is 12.2. The van der Waals surface area contributed by atoms with Gasteiger partial charge in [0.15, 0.2) is 11.5 Å². The van der Waals surface area contributed by atoms with Crippen molar-refractivity contribution in [3.8, 4) is 39.9 Å². The summed E-state index contributed by atoms with van der Waals surface area (Å²) < 4.78 is 22.9. The van der Waals surface area contributed by atoms with E-state index in [1.807, 2.05) is 42.6 Å². The Morgan fingerprint density at radius 3 is 2.16 bits per heavy atom. The van der Waals surface area contributed by atoms with Crippen LogP contribution in [0.15, 0.2) is 42.6 Å². The van der Waals surface area contributed by atoms with Crippen LogP contribution in [0.4, 0.5) is 0 Å². The molecule has 2 aromatic carbocycles. The van der Waals surface area contributed by atoms with Gasteiger partial charge in [0, 0.05) is 11.6 Å². The minimum Gasteiger partial charge on any atom is -0.497 e. The molecule has 7 heteroatoms. The summed E-state index contributed by atoms with van der Waals surface area (Å²) in [5.41, 5.74) is 2.28. The van der Waals surface area contributed by atoms with Crippen LogP contribution in [0, 0.1) is 0 Å². The van der Waals surface area contributed by atoms with Crippen LogP contribution in [-0.4, -0.2) is 43.4 Å². The second-order valence-electron chi connectivity index (χ2n) is 5.15. The summed E-state index contributed by atoms with van der Waals surface area (Å²) in [6.45, 7) is 0. The van der Waals surface area contributed by atoms with Gasteiger partial charge in [0.1, 0.15) is 17.2 Å². The molecule has 0 fully saturated rings. The zero-order valence-electron chi connectivity index (χ0n) is 14.5. The number of hydrogen-bond acceptors (Lipinski definition) is 6. The summed E-state index contributed by atoms with van der Waals surface area (Å²) in [4.78, 5) is 0. The molecule has 0 amide bonds. The quantitative estimate of drug-likeness (QED) is 0.687. The smallest absolute Gasteiger partial charge is 0.162 e. The van der Waals surface area contributed by atoms with Gasteiger partial charge in [-0.05, 0) is 30.3 Å². The molecule has 3 aromatic rings. The van der Waals surface area contributed by atoms with E-state index in [0.29, 0.717) is 22.9 Å². The number of nitrogens with zero attached hydrogens (tertiary/aromatic N) is 3. The van der Waals surface area contributed by atoms with Crippen molar-refractivity contribution >= 4 is 0 Å². The van der Waals surface area contributed by atoms with Crippen molar-refractivity contribution < 1.29 is 18.9 Å². The molecular weight excluding hydrogens is 322 g/mol.